The van der Waals surface area contributed by atoms with E-state index < -0.39 is 11.9 Å². The fourth-order valence-electron chi connectivity index (χ4n) is 2.25. The number of nitrogens with zero attached hydrogens (tertiary/aromatic N) is 3. The Hall–Kier alpha value is -3.22. The van der Waals surface area contributed by atoms with Gasteiger partial charge in [-0.05, 0) is 32.0 Å². The molecule has 2 aromatic heterocycles. The van der Waals surface area contributed by atoms with Crippen molar-refractivity contribution >= 4 is 17.6 Å². The minimum atomic E-state index is -0.571. The Morgan fingerprint density at radius 3 is 2.83 bits per heavy atom. The second-order valence-corrected chi connectivity index (χ2v) is 5.00. The van der Waals surface area contributed by atoms with Crippen LogP contribution in [-0.4, -0.2) is 33.1 Å². The highest BCUT2D eigenvalue weighted by molar-refractivity contribution is 5.93. The lowest BCUT2D eigenvalue weighted by Crippen LogP contribution is -2.14. The molecule has 7 heteroatoms. The van der Waals surface area contributed by atoms with Crippen molar-refractivity contribution in [3.8, 4) is 5.75 Å². The minimum absolute atomic E-state index is 0.255. The van der Waals surface area contributed by atoms with Crippen LogP contribution in [0.3, 0.4) is 0 Å². The summed E-state index contributed by atoms with van der Waals surface area (Å²) < 4.78 is 11.8. The first-order chi connectivity index (χ1) is 11.6. The first kappa shape index (κ1) is 15.7. The van der Waals surface area contributed by atoms with Gasteiger partial charge in [0.2, 0.25) is 0 Å². The van der Waals surface area contributed by atoms with Crippen molar-refractivity contribution in [2.45, 2.75) is 13.8 Å². The molecule has 0 N–H and O–H groups in total. The Labute approximate surface area is 137 Å². The zero-order valence-corrected chi connectivity index (χ0v) is 13.2. The molecular formula is C17H15N3O4. The smallest absolute Gasteiger partial charge is 0.346 e. The Morgan fingerprint density at radius 1 is 1.21 bits per heavy atom. The van der Waals surface area contributed by atoms with E-state index in [4.69, 9.17) is 9.47 Å². The number of ether oxygens (including phenoxy) is 2. The summed E-state index contributed by atoms with van der Waals surface area (Å²) in [6.45, 7) is 3.76. The van der Waals surface area contributed by atoms with Gasteiger partial charge in [-0.3, -0.25) is 0 Å². The molecule has 0 aliphatic carbocycles. The standard InChI is InChI=1S/C17H15N3O4/c1-3-23-16(21)12-5-4-6-13(9-12)24-17(22)14-10-18-15-7-8-19-20(15)11(14)2/h4-10H,3H2,1-2H3. The molecule has 0 saturated heterocycles. The van der Waals surface area contributed by atoms with Crippen LogP contribution in [0.15, 0.2) is 42.7 Å². The van der Waals surface area contributed by atoms with Gasteiger partial charge in [-0.15, -0.1) is 0 Å². The fraction of sp³-hybridized carbons (Fsp3) is 0.176. The average Bonchev–Trinajstić information content (AvgIpc) is 3.05. The maximum absolute atomic E-state index is 12.4. The van der Waals surface area contributed by atoms with Crippen LogP contribution < -0.4 is 4.74 Å². The number of hydrogen-bond acceptors (Lipinski definition) is 6. The lowest BCUT2D eigenvalue weighted by molar-refractivity contribution is 0.0524. The van der Waals surface area contributed by atoms with Gasteiger partial charge in [0.25, 0.3) is 0 Å². The molecule has 7 nitrogen and oxygen atoms in total. The zero-order valence-electron chi connectivity index (χ0n) is 13.2. The SMILES string of the molecule is CCOC(=O)c1cccc(OC(=O)c2cnc3ccnn3c2C)c1. The summed E-state index contributed by atoms with van der Waals surface area (Å²) in [5, 5.41) is 4.11. The highest BCUT2D eigenvalue weighted by Gasteiger charge is 2.16. The summed E-state index contributed by atoms with van der Waals surface area (Å²) >= 11 is 0. The second kappa shape index (κ2) is 6.49. The number of carbonyl (C=O) groups is 2. The van der Waals surface area contributed by atoms with Crippen molar-refractivity contribution in [1.82, 2.24) is 14.6 Å². The van der Waals surface area contributed by atoms with Crippen molar-refractivity contribution in [1.29, 1.82) is 0 Å². The highest BCUT2D eigenvalue weighted by atomic mass is 16.5. The minimum Gasteiger partial charge on any atom is -0.462 e. The summed E-state index contributed by atoms with van der Waals surface area (Å²) in [4.78, 5) is 28.3. The normalized spacial score (nSPS) is 10.6. The number of carbonyl (C=O) groups excluding carboxylic acids is 2. The summed E-state index contributed by atoms with van der Waals surface area (Å²) in [5.74, 6) is -0.782. The van der Waals surface area contributed by atoms with Gasteiger partial charge < -0.3 is 9.47 Å². The summed E-state index contributed by atoms with van der Waals surface area (Å²) in [6, 6.07) is 8.01. The number of benzene rings is 1. The molecule has 0 spiro atoms. The van der Waals surface area contributed by atoms with Gasteiger partial charge in [0.15, 0.2) is 5.65 Å². The molecule has 122 valence electrons. The number of aromatic nitrogens is 3. The lowest BCUT2D eigenvalue weighted by Gasteiger charge is -2.08. The predicted molar refractivity (Wildman–Crippen MR) is 85.1 cm³/mol. The third kappa shape index (κ3) is 2.96. The van der Waals surface area contributed by atoms with E-state index in [2.05, 4.69) is 10.1 Å². The zero-order chi connectivity index (χ0) is 17.1. The highest BCUT2D eigenvalue weighted by Crippen LogP contribution is 2.17. The van der Waals surface area contributed by atoms with Gasteiger partial charge >= 0.3 is 11.9 Å². The Morgan fingerprint density at radius 2 is 2.04 bits per heavy atom. The predicted octanol–water partition coefficient (Wildman–Crippen LogP) is 2.43. The van der Waals surface area contributed by atoms with E-state index in [1.165, 1.54) is 12.3 Å². The Kier molecular flexibility index (Phi) is 4.24. The van der Waals surface area contributed by atoms with Crippen LogP contribution in [0.25, 0.3) is 5.65 Å². The van der Waals surface area contributed by atoms with Crippen molar-refractivity contribution in [3.05, 3.63) is 59.5 Å². The Balaban J connectivity index is 1.85. The molecule has 3 rings (SSSR count). The molecule has 0 aliphatic rings. The molecule has 0 unspecified atom stereocenters. The molecule has 1 aromatic carbocycles. The summed E-state index contributed by atoms with van der Waals surface area (Å²) in [5.41, 5.74) is 1.89. The lowest BCUT2D eigenvalue weighted by atomic mass is 10.2. The second-order valence-electron chi connectivity index (χ2n) is 5.00. The topological polar surface area (TPSA) is 82.8 Å². The van der Waals surface area contributed by atoms with Crippen LogP contribution in [0.1, 0.15) is 33.3 Å². The van der Waals surface area contributed by atoms with E-state index in [0.29, 0.717) is 22.5 Å². The molecule has 0 amide bonds. The molecule has 3 aromatic rings. The first-order valence-corrected chi connectivity index (χ1v) is 7.39. The van der Waals surface area contributed by atoms with Crippen molar-refractivity contribution in [2.75, 3.05) is 6.61 Å². The van der Waals surface area contributed by atoms with Crippen molar-refractivity contribution in [2.24, 2.45) is 0 Å². The van der Waals surface area contributed by atoms with Gasteiger partial charge in [-0.2, -0.15) is 5.10 Å². The van der Waals surface area contributed by atoms with Crippen LogP contribution in [0.5, 0.6) is 5.75 Å². The van der Waals surface area contributed by atoms with E-state index in [-0.39, 0.29) is 12.4 Å². The molecule has 0 fully saturated rings. The quantitative estimate of drug-likeness (QED) is 0.541. The van der Waals surface area contributed by atoms with E-state index in [1.54, 1.807) is 48.8 Å². The van der Waals surface area contributed by atoms with Crippen molar-refractivity contribution in [3.63, 3.8) is 0 Å². The monoisotopic (exact) mass is 325 g/mol. The molecule has 0 saturated carbocycles. The fourth-order valence-corrected chi connectivity index (χ4v) is 2.25. The number of esters is 2. The third-order valence-electron chi connectivity index (χ3n) is 3.43. The molecule has 0 radical (unpaired) electrons. The van der Waals surface area contributed by atoms with Gasteiger partial charge in [-0.1, -0.05) is 6.07 Å². The number of aryl methyl sites for hydroxylation is 1. The van der Waals surface area contributed by atoms with Crippen LogP contribution >= 0.6 is 0 Å². The molecular weight excluding hydrogens is 310 g/mol. The van der Waals surface area contributed by atoms with Crippen LogP contribution in [0.2, 0.25) is 0 Å². The van der Waals surface area contributed by atoms with Gasteiger partial charge in [0.1, 0.15) is 5.75 Å². The molecule has 2 heterocycles. The van der Waals surface area contributed by atoms with Crippen LogP contribution in [-0.2, 0) is 4.74 Å². The van der Waals surface area contributed by atoms with Crippen LogP contribution in [0, 0.1) is 6.92 Å². The summed E-state index contributed by atoms with van der Waals surface area (Å²) in [7, 11) is 0. The number of hydrogen-bond donors (Lipinski definition) is 0. The molecule has 24 heavy (non-hydrogen) atoms. The van der Waals surface area contributed by atoms with Gasteiger partial charge in [0.05, 0.1) is 29.6 Å². The van der Waals surface area contributed by atoms with E-state index >= 15 is 0 Å². The maximum atomic E-state index is 12.4. The summed E-state index contributed by atoms with van der Waals surface area (Å²) in [6.07, 6.45) is 3.05. The van der Waals surface area contributed by atoms with Crippen LogP contribution in [0.4, 0.5) is 0 Å². The van der Waals surface area contributed by atoms with E-state index in [1.807, 2.05) is 0 Å². The van der Waals surface area contributed by atoms with E-state index in [0.717, 1.165) is 0 Å². The molecule has 0 bridgehead atoms. The van der Waals surface area contributed by atoms with Gasteiger partial charge in [-0.25, -0.2) is 19.1 Å². The number of rotatable bonds is 4. The molecule has 0 aliphatic heterocycles. The average molecular weight is 325 g/mol. The van der Waals surface area contributed by atoms with E-state index in [9.17, 15) is 9.59 Å². The molecule has 0 atom stereocenters. The number of fused-ring (bicyclic) bond motifs is 1. The largest absolute Gasteiger partial charge is 0.462 e. The van der Waals surface area contributed by atoms with Crippen molar-refractivity contribution < 1.29 is 19.1 Å². The maximum Gasteiger partial charge on any atom is 0.346 e. The third-order valence-corrected chi connectivity index (χ3v) is 3.43. The Bertz CT molecular complexity index is 917. The van der Waals surface area contributed by atoms with Gasteiger partial charge in [0, 0.05) is 12.3 Å². The first-order valence-electron chi connectivity index (χ1n) is 7.39.